The van der Waals surface area contributed by atoms with Gasteiger partial charge in [0, 0.05) is 25.3 Å². The highest BCUT2D eigenvalue weighted by atomic mass is 19.2. The molecule has 1 aromatic heterocycles. The summed E-state index contributed by atoms with van der Waals surface area (Å²) in [5.74, 6) is -2.08. The van der Waals surface area contributed by atoms with Gasteiger partial charge >= 0.3 is 0 Å². The Hall–Kier alpha value is -2.44. The van der Waals surface area contributed by atoms with Crippen LogP contribution in [0.25, 0.3) is 0 Å². The van der Waals surface area contributed by atoms with Crippen LogP contribution in [0.5, 0.6) is 0 Å². The first-order valence-corrected chi connectivity index (χ1v) is 7.33. The number of halogens is 2. The zero-order chi connectivity index (χ0) is 17.1. The summed E-state index contributed by atoms with van der Waals surface area (Å²) in [4.78, 5) is 13.9. The maximum absolute atomic E-state index is 13.4. The molecule has 2 rings (SSSR count). The predicted octanol–water partition coefficient (Wildman–Crippen LogP) is 2.78. The van der Waals surface area contributed by atoms with E-state index in [1.54, 1.807) is 16.6 Å². The number of carbonyl (C=O) groups excluding carboxylic acids is 1. The van der Waals surface area contributed by atoms with E-state index >= 15 is 0 Å². The first-order chi connectivity index (χ1) is 10.8. The fraction of sp³-hybridized carbons (Fsp3) is 0.375. The number of rotatable bonds is 5. The number of carbonyl (C=O) groups is 1. The topological polar surface area (TPSA) is 50.2 Å². The van der Waals surface area contributed by atoms with Gasteiger partial charge in [-0.3, -0.25) is 9.48 Å². The molecule has 1 aromatic carbocycles. The van der Waals surface area contributed by atoms with E-state index in [-0.39, 0.29) is 12.5 Å². The summed E-state index contributed by atoms with van der Waals surface area (Å²) in [5, 5.41) is 7.07. The summed E-state index contributed by atoms with van der Waals surface area (Å²) in [6.07, 6.45) is 0. The second kappa shape index (κ2) is 6.76. The van der Waals surface area contributed by atoms with Gasteiger partial charge in [-0.25, -0.2) is 8.78 Å². The summed E-state index contributed by atoms with van der Waals surface area (Å²) in [7, 11) is 1.80. The van der Waals surface area contributed by atoms with Crippen LogP contribution in [0.3, 0.4) is 0 Å². The highest BCUT2D eigenvalue weighted by molar-refractivity contribution is 5.95. The van der Waals surface area contributed by atoms with Gasteiger partial charge in [0.15, 0.2) is 11.6 Å². The normalized spacial score (nSPS) is 10.7. The number of benzene rings is 1. The van der Waals surface area contributed by atoms with Crippen LogP contribution < -0.4 is 10.2 Å². The van der Waals surface area contributed by atoms with Crippen molar-refractivity contribution < 1.29 is 13.6 Å². The van der Waals surface area contributed by atoms with Gasteiger partial charge in [0.25, 0.3) is 0 Å². The van der Waals surface area contributed by atoms with Gasteiger partial charge in [-0.1, -0.05) is 0 Å². The van der Waals surface area contributed by atoms with Crippen molar-refractivity contribution in [3.8, 4) is 0 Å². The van der Waals surface area contributed by atoms with E-state index in [2.05, 4.69) is 10.4 Å². The fourth-order valence-electron chi connectivity index (χ4n) is 2.37. The summed E-state index contributed by atoms with van der Waals surface area (Å²) in [6, 6.07) is 3.60. The van der Waals surface area contributed by atoms with Crippen molar-refractivity contribution in [1.82, 2.24) is 9.78 Å². The van der Waals surface area contributed by atoms with E-state index in [1.165, 1.54) is 6.07 Å². The van der Waals surface area contributed by atoms with Crippen LogP contribution in [0.1, 0.15) is 18.3 Å². The number of nitrogens with one attached hydrogen (secondary N) is 1. The maximum atomic E-state index is 13.4. The quantitative estimate of drug-likeness (QED) is 0.921. The van der Waals surface area contributed by atoms with Gasteiger partial charge in [0.2, 0.25) is 5.91 Å². The number of hydrogen-bond acceptors (Lipinski definition) is 3. The molecule has 0 unspecified atom stereocenters. The average Bonchev–Trinajstić information content (AvgIpc) is 2.74. The lowest BCUT2D eigenvalue weighted by molar-refractivity contribution is -0.115. The number of anilines is 2. The predicted molar refractivity (Wildman–Crippen MR) is 85.6 cm³/mol. The van der Waals surface area contributed by atoms with Gasteiger partial charge in [-0.2, -0.15) is 5.10 Å². The third-order valence-corrected chi connectivity index (χ3v) is 3.76. The van der Waals surface area contributed by atoms with Crippen molar-refractivity contribution in [3.63, 3.8) is 0 Å². The molecule has 0 atom stereocenters. The van der Waals surface area contributed by atoms with Crippen LogP contribution in [0.4, 0.5) is 20.2 Å². The molecule has 0 aliphatic rings. The summed E-state index contributed by atoms with van der Waals surface area (Å²) < 4.78 is 28.1. The Morgan fingerprint density at radius 3 is 2.52 bits per heavy atom. The van der Waals surface area contributed by atoms with E-state index in [0.29, 0.717) is 17.9 Å². The number of hydrogen-bond donors (Lipinski definition) is 1. The molecule has 0 bridgehead atoms. The molecular weight excluding hydrogens is 302 g/mol. The van der Waals surface area contributed by atoms with E-state index in [0.717, 1.165) is 23.5 Å². The molecule has 1 heterocycles. The minimum absolute atomic E-state index is 0.0371. The van der Waals surface area contributed by atoms with Gasteiger partial charge in [0.1, 0.15) is 0 Å². The first-order valence-electron chi connectivity index (χ1n) is 7.33. The highest BCUT2D eigenvalue weighted by Gasteiger charge is 2.16. The van der Waals surface area contributed by atoms with Gasteiger partial charge in [-0.05, 0) is 32.9 Å². The van der Waals surface area contributed by atoms with Crippen LogP contribution in [-0.2, 0) is 11.8 Å². The Bertz CT molecular complexity index is 727. The van der Waals surface area contributed by atoms with Gasteiger partial charge < -0.3 is 10.2 Å². The lowest BCUT2D eigenvalue weighted by Crippen LogP contribution is -2.33. The van der Waals surface area contributed by atoms with Crippen molar-refractivity contribution in [3.05, 3.63) is 41.2 Å². The van der Waals surface area contributed by atoms with Crippen molar-refractivity contribution in [2.45, 2.75) is 20.8 Å². The number of aryl methyl sites for hydroxylation is 2. The Balaban J connectivity index is 2.12. The van der Waals surface area contributed by atoms with Crippen LogP contribution in [-0.4, -0.2) is 28.8 Å². The Kier molecular flexibility index (Phi) is 4.98. The molecule has 124 valence electrons. The molecule has 7 heteroatoms. The Morgan fingerprint density at radius 1 is 1.30 bits per heavy atom. The molecule has 0 spiro atoms. The van der Waals surface area contributed by atoms with E-state index in [1.807, 2.05) is 20.8 Å². The molecule has 0 fully saturated rings. The van der Waals surface area contributed by atoms with Crippen molar-refractivity contribution in [1.29, 1.82) is 0 Å². The van der Waals surface area contributed by atoms with Gasteiger partial charge in [0.05, 0.1) is 23.6 Å². The van der Waals surface area contributed by atoms with E-state index in [4.69, 9.17) is 0 Å². The molecule has 5 nitrogen and oxygen atoms in total. The molecule has 23 heavy (non-hydrogen) atoms. The minimum Gasteiger partial charge on any atom is -0.362 e. The van der Waals surface area contributed by atoms with E-state index in [9.17, 15) is 13.6 Å². The molecule has 2 aromatic rings. The van der Waals surface area contributed by atoms with Crippen LogP contribution in [0, 0.1) is 25.5 Å². The number of likely N-dealkylation sites (N-methyl/N-ethyl adjacent to an activating group) is 1. The minimum atomic E-state index is -0.930. The molecule has 0 saturated heterocycles. The molecule has 0 saturated carbocycles. The molecule has 1 N–H and O–H groups in total. The van der Waals surface area contributed by atoms with Crippen molar-refractivity contribution in [2.24, 2.45) is 7.05 Å². The standard InChI is InChI=1S/C16H20F2N4O/c1-5-22(12-6-7-13(17)14(18)8-12)9-15(23)19-16-10(2)20-21(4)11(16)3/h6-8H,5,9H2,1-4H3,(H,19,23). The third-order valence-electron chi connectivity index (χ3n) is 3.76. The van der Waals surface area contributed by atoms with Crippen LogP contribution in [0.15, 0.2) is 18.2 Å². The van der Waals surface area contributed by atoms with Crippen LogP contribution in [0.2, 0.25) is 0 Å². The molecule has 0 aliphatic heterocycles. The molecule has 0 radical (unpaired) electrons. The van der Waals surface area contributed by atoms with Crippen LogP contribution >= 0.6 is 0 Å². The largest absolute Gasteiger partial charge is 0.362 e. The fourth-order valence-corrected chi connectivity index (χ4v) is 2.37. The average molecular weight is 322 g/mol. The number of aromatic nitrogens is 2. The second-order valence-corrected chi connectivity index (χ2v) is 5.33. The maximum Gasteiger partial charge on any atom is 0.243 e. The Morgan fingerprint density at radius 2 is 2.00 bits per heavy atom. The monoisotopic (exact) mass is 322 g/mol. The van der Waals surface area contributed by atoms with Crippen molar-refractivity contribution >= 4 is 17.3 Å². The highest BCUT2D eigenvalue weighted by Crippen LogP contribution is 2.20. The van der Waals surface area contributed by atoms with E-state index < -0.39 is 11.6 Å². The lowest BCUT2D eigenvalue weighted by Gasteiger charge is -2.22. The van der Waals surface area contributed by atoms with Gasteiger partial charge in [-0.15, -0.1) is 0 Å². The number of amides is 1. The third kappa shape index (κ3) is 3.67. The zero-order valence-corrected chi connectivity index (χ0v) is 13.7. The first kappa shape index (κ1) is 16.9. The Labute approximate surface area is 133 Å². The molecule has 1 amide bonds. The molecular formula is C16H20F2N4O. The van der Waals surface area contributed by atoms with Crippen molar-refractivity contribution in [2.75, 3.05) is 23.3 Å². The summed E-state index contributed by atoms with van der Waals surface area (Å²) in [6.45, 7) is 6.05. The zero-order valence-electron chi connectivity index (χ0n) is 13.7. The summed E-state index contributed by atoms with van der Waals surface area (Å²) in [5.41, 5.74) is 2.72. The second-order valence-electron chi connectivity index (χ2n) is 5.33. The smallest absolute Gasteiger partial charge is 0.243 e. The SMILES string of the molecule is CCN(CC(=O)Nc1c(C)nn(C)c1C)c1ccc(F)c(F)c1. The lowest BCUT2D eigenvalue weighted by atomic mass is 10.2. The number of nitrogens with zero attached hydrogens (tertiary/aromatic N) is 3. The molecule has 0 aliphatic carbocycles. The summed E-state index contributed by atoms with van der Waals surface area (Å²) >= 11 is 0.